The molecule has 1 atom stereocenters. The van der Waals surface area contributed by atoms with Crippen molar-refractivity contribution in [2.75, 3.05) is 7.11 Å². The lowest BCUT2D eigenvalue weighted by Crippen LogP contribution is -2.24. The molecular weight excluding hydrogens is 555 g/mol. The first kappa shape index (κ1) is 28.8. The lowest BCUT2D eigenvalue weighted by Gasteiger charge is -2.19. The van der Waals surface area contributed by atoms with E-state index in [1.165, 1.54) is 12.1 Å². The van der Waals surface area contributed by atoms with Gasteiger partial charge in [-0.3, -0.25) is 4.79 Å². The first-order valence-corrected chi connectivity index (χ1v) is 14.5. The minimum Gasteiger partial charge on any atom is -0.493 e. The molecule has 2 heterocycles. The van der Waals surface area contributed by atoms with Crippen molar-refractivity contribution in [3.8, 4) is 11.5 Å². The minimum atomic E-state index is -0.289. The van der Waals surface area contributed by atoms with Crippen LogP contribution in [0.3, 0.4) is 0 Å². The molecule has 6 rings (SSSR count). The first-order chi connectivity index (χ1) is 21.6. The van der Waals surface area contributed by atoms with Crippen LogP contribution in [0.25, 0.3) is 10.9 Å². The summed E-state index contributed by atoms with van der Waals surface area (Å²) in [5.41, 5.74) is 5.00. The Kier molecular flexibility index (Phi) is 8.73. The average molecular weight is 589 g/mol. The van der Waals surface area contributed by atoms with Gasteiger partial charge in [0.15, 0.2) is 11.5 Å². The summed E-state index contributed by atoms with van der Waals surface area (Å²) in [5, 5.41) is 4.05. The zero-order valence-corrected chi connectivity index (χ0v) is 24.4. The Hall–Kier alpha value is -5.30. The zero-order chi connectivity index (χ0) is 30.3. The highest BCUT2D eigenvalue weighted by Gasteiger charge is 2.24. The summed E-state index contributed by atoms with van der Waals surface area (Å²) in [5.74, 6) is 1.24. The molecule has 0 fully saturated rings. The second-order valence-electron chi connectivity index (χ2n) is 10.7. The van der Waals surface area contributed by atoms with E-state index >= 15 is 0 Å². The van der Waals surface area contributed by atoms with Crippen LogP contribution in [-0.4, -0.2) is 17.6 Å². The molecule has 0 saturated heterocycles. The second-order valence-corrected chi connectivity index (χ2v) is 10.7. The molecule has 0 spiro atoms. The summed E-state index contributed by atoms with van der Waals surface area (Å²) in [6.07, 6.45) is 3.90. The van der Waals surface area contributed by atoms with Gasteiger partial charge >= 0.3 is 0 Å². The van der Waals surface area contributed by atoms with Crippen LogP contribution in [-0.2, 0) is 24.5 Å². The number of rotatable bonds is 12. The van der Waals surface area contributed by atoms with Crippen LogP contribution < -0.4 is 14.8 Å². The third kappa shape index (κ3) is 6.68. The SMILES string of the molecule is COc1cc([C@@H](CC(=O)NCc2ccco2)c2cn(Cc3ccc(F)cc3)c3ccccc23)ccc1OCc1ccccc1. The largest absolute Gasteiger partial charge is 0.493 e. The van der Waals surface area contributed by atoms with Crippen molar-refractivity contribution in [3.63, 3.8) is 0 Å². The summed E-state index contributed by atoms with van der Waals surface area (Å²) < 4.78 is 33.1. The average Bonchev–Trinajstić information content (AvgIpc) is 3.72. The molecule has 0 saturated carbocycles. The topological polar surface area (TPSA) is 65.6 Å². The van der Waals surface area contributed by atoms with Crippen LogP contribution in [0.2, 0.25) is 0 Å². The maximum atomic E-state index is 13.6. The fraction of sp³-hybridized carbons (Fsp3) is 0.162. The van der Waals surface area contributed by atoms with E-state index in [0.717, 1.165) is 33.2 Å². The summed E-state index contributed by atoms with van der Waals surface area (Å²) >= 11 is 0. The molecule has 222 valence electrons. The van der Waals surface area contributed by atoms with Crippen molar-refractivity contribution in [3.05, 3.63) is 155 Å². The first-order valence-electron chi connectivity index (χ1n) is 14.5. The molecule has 2 aromatic heterocycles. The fourth-order valence-electron chi connectivity index (χ4n) is 5.49. The molecule has 1 amide bonds. The van der Waals surface area contributed by atoms with E-state index < -0.39 is 0 Å². The lowest BCUT2D eigenvalue weighted by molar-refractivity contribution is -0.121. The Balaban J connectivity index is 1.35. The molecule has 0 radical (unpaired) electrons. The number of carbonyl (C=O) groups is 1. The number of nitrogens with zero attached hydrogens (tertiary/aromatic N) is 1. The second kappa shape index (κ2) is 13.3. The summed E-state index contributed by atoms with van der Waals surface area (Å²) in [4.78, 5) is 13.4. The van der Waals surface area contributed by atoms with Crippen molar-refractivity contribution in [1.82, 2.24) is 9.88 Å². The van der Waals surface area contributed by atoms with Gasteiger partial charge in [-0.2, -0.15) is 0 Å². The monoisotopic (exact) mass is 588 g/mol. The van der Waals surface area contributed by atoms with Crippen molar-refractivity contribution in [1.29, 1.82) is 0 Å². The van der Waals surface area contributed by atoms with Gasteiger partial charge in [-0.1, -0.05) is 66.7 Å². The Bertz CT molecular complexity index is 1830. The summed E-state index contributed by atoms with van der Waals surface area (Å²) in [7, 11) is 1.62. The molecule has 1 N–H and O–H groups in total. The lowest BCUT2D eigenvalue weighted by atomic mass is 9.87. The van der Waals surface area contributed by atoms with Gasteiger partial charge in [0.05, 0.1) is 19.9 Å². The van der Waals surface area contributed by atoms with Crippen LogP contribution in [0.4, 0.5) is 4.39 Å². The third-order valence-electron chi connectivity index (χ3n) is 7.72. The molecule has 4 aromatic carbocycles. The highest BCUT2D eigenvalue weighted by atomic mass is 19.1. The molecule has 7 heteroatoms. The zero-order valence-electron chi connectivity index (χ0n) is 24.4. The molecule has 0 aliphatic heterocycles. The smallest absolute Gasteiger partial charge is 0.221 e. The Morgan fingerprint density at radius 2 is 1.68 bits per heavy atom. The van der Waals surface area contributed by atoms with E-state index in [1.54, 1.807) is 31.6 Å². The Labute approximate surface area is 255 Å². The number of furan rings is 1. The number of para-hydroxylation sites is 1. The molecule has 0 bridgehead atoms. The molecule has 6 aromatic rings. The number of methoxy groups -OCH3 is 1. The summed E-state index contributed by atoms with van der Waals surface area (Å²) in [6, 6.07) is 34.1. The standard InChI is InChI=1S/C37H33FN2O4/c1-42-36-20-28(15-18-35(36)44-25-27-8-3-2-4-9-27)32(21-37(41)39-22-30-10-7-19-43-30)33-24-40(34-12-6-5-11-31(33)34)23-26-13-16-29(38)17-14-26/h2-20,24,32H,21-23,25H2,1H3,(H,39,41)/t32-/m1/s1. The minimum absolute atomic E-state index is 0.106. The van der Waals surface area contributed by atoms with Gasteiger partial charge in [-0.15, -0.1) is 0 Å². The number of benzene rings is 4. The molecule has 0 aliphatic carbocycles. The quantitative estimate of drug-likeness (QED) is 0.158. The Morgan fingerprint density at radius 3 is 2.45 bits per heavy atom. The highest BCUT2D eigenvalue weighted by molar-refractivity contribution is 5.87. The number of aromatic nitrogens is 1. The van der Waals surface area contributed by atoms with Crippen LogP contribution in [0.5, 0.6) is 11.5 Å². The third-order valence-corrected chi connectivity index (χ3v) is 7.72. The van der Waals surface area contributed by atoms with Gasteiger partial charge in [-0.05, 0) is 64.7 Å². The maximum Gasteiger partial charge on any atom is 0.221 e. The van der Waals surface area contributed by atoms with E-state index in [0.29, 0.717) is 37.0 Å². The molecule has 6 nitrogen and oxygen atoms in total. The van der Waals surface area contributed by atoms with Crippen molar-refractivity contribution in [2.24, 2.45) is 0 Å². The predicted molar refractivity (Wildman–Crippen MR) is 168 cm³/mol. The number of halogens is 1. The number of fused-ring (bicyclic) bond motifs is 1. The van der Waals surface area contributed by atoms with Crippen molar-refractivity contribution >= 4 is 16.8 Å². The number of hydrogen-bond acceptors (Lipinski definition) is 4. The van der Waals surface area contributed by atoms with Crippen LogP contribution in [0, 0.1) is 5.82 Å². The Morgan fingerprint density at radius 1 is 0.886 bits per heavy atom. The van der Waals surface area contributed by atoms with Crippen LogP contribution >= 0.6 is 0 Å². The van der Waals surface area contributed by atoms with E-state index in [9.17, 15) is 9.18 Å². The number of carbonyl (C=O) groups excluding carboxylic acids is 1. The fourth-order valence-corrected chi connectivity index (χ4v) is 5.49. The van der Waals surface area contributed by atoms with Crippen molar-refractivity contribution < 1.29 is 23.1 Å². The van der Waals surface area contributed by atoms with Crippen LogP contribution in [0.1, 0.15) is 40.4 Å². The number of hydrogen-bond donors (Lipinski definition) is 1. The van der Waals surface area contributed by atoms with E-state index in [1.807, 2.05) is 66.7 Å². The van der Waals surface area contributed by atoms with Gasteiger partial charge in [0, 0.05) is 36.0 Å². The van der Waals surface area contributed by atoms with E-state index in [-0.39, 0.29) is 24.1 Å². The van der Waals surface area contributed by atoms with Crippen molar-refractivity contribution in [2.45, 2.75) is 32.0 Å². The highest BCUT2D eigenvalue weighted by Crippen LogP contribution is 2.39. The molecular formula is C37H33FN2O4. The normalized spacial score (nSPS) is 11.8. The number of ether oxygens (including phenoxy) is 2. The molecule has 44 heavy (non-hydrogen) atoms. The number of nitrogens with one attached hydrogen (secondary N) is 1. The maximum absolute atomic E-state index is 13.6. The van der Waals surface area contributed by atoms with E-state index in [2.05, 4.69) is 28.2 Å². The van der Waals surface area contributed by atoms with Gasteiger partial charge in [-0.25, -0.2) is 4.39 Å². The van der Waals surface area contributed by atoms with Crippen LogP contribution in [0.15, 0.2) is 126 Å². The number of amides is 1. The van der Waals surface area contributed by atoms with Gasteiger partial charge in [0.1, 0.15) is 18.2 Å². The predicted octanol–water partition coefficient (Wildman–Crippen LogP) is 7.85. The van der Waals surface area contributed by atoms with E-state index in [4.69, 9.17) is 13.9 Å². The molecule has 0 aliphatic rings. The summed E-state index contributed by atoms with van der Waals surface area (Å²) in [6.45, 7) is 1.28. The van der Waals surface area contributed by atoms with Gasteiger partial charge < -0.3 is 23.8 Å². The molecule has 0 unspecified atom stereocenters. The van der Waals surface area contributed by atoms with Gasteiger partial charge in [0.25, 0.3) is 0 Å². The van der Waals surface area contributed by atoms with Gasteiger partial charge in [0.2, 0.25) is 5.91 Å².